The van der Waals surface area contributed by atoms with Crippen molar-refractivity contribution in [3.8, 4) is 0 Å². The molecule has 0 bridgehead atoms. The van der Waals surface area contributed by atoms with E-state index >= 15 is 0 Å². The summed E-state index contributed by atoms with van der Waals surface area (Å²) >= 11 is 0. The fourth-order valence-corrected chi connectivity index (χ4v) is 6.37. The van der Waals surface area contributed by atoms with E-state index in [1.54, 1.807) is 0 Å². The van der Waals surface area contributed by atoms with E-state index in [0.29, 0.717) is 19.3 Å². The van der Waals surface area contributed by atoms with Gasteiger partial charge >= 0.3 is 17.9 Å². The molecule has 6 nitrogen and oxygen atoms in total. The quantitative estimate of drug-likeness (QED) is 0.0265. The number of hydrogen-bond donors (Lipinski definition) is 0. The largest absolute Gasteiger partial charge is 0.462 e. The van der Waals surface area contributed by atoms with E-state index in [4.69, 9.17) is 14.2 Å². The number of ether oxygens (including phenoxy) is 3. The molecule has 6 heteroatoms. The van der Waals surface area contributed by atoms with E-state index in [9.17, 15) is 14.4 Å². The van der Waals surface area contributed by atoms with E-state index in [1.165, 1.54) is 89.9 Å². The van der Waals surface area contributed by atoms with Crippen molar-refractivity contribution in [1.82, 2.24) is 0 Å². The smallest absolute Gasteiger partial charge is 0.306 e. The molecule has 0 fully saturated rings. The Morgan fingerprint density at radius 1 is 0.368 bits per heavy atom. The Labute approximate surface area is 351 Å². The summed E-state index contributed by atoms with van der Waals surface area (Å²) < 4.78 is 16.7. The van der Waals surface area contributed by atoms with Gasteiger partial charge in [0.15, 0.2) is 6.10 Å². The van der Waals surface area contributed by atoms with E-state index in [1.807, 2.05) is 0 Å². The van der Waals surface area contributed by atoms with Crippen LogP contribution in [0, 0.1) is 0 Å². The predicted octanol–water partition coefficient (Wildman–Crippen LogP) is 15.3. The Balaban J connectivity index is 4.43. The molecule has 0 saturated carbocycles. The van der Waals surface area contributed by atoms with Gasteiger partial charge in [-0.2, -0.15) is 0 Å². The van der Waals surface area contributed by atoms with Crippen LogP contribution in [0.4, 0.5) is 0 Å². The van der Waals surface area contributed by atoms with Crippen molar-refractivity contribution < 1.29 is 28.6 Å². The number of hydrogen-bond acceptors (Lipinski definition) is 6. The highest BCUT2D eigenvalue weighted by molar-refractivity contribution is 5.71. The number of unbranched alkanes of at least 4 members (excludes halogenated alkanes) is 21. The van der Waals surface area contributed by atoms with Crippen molar-refractivity contribution in [2.75, 3.05) is 13.2 Å². The van der Waals surface area contributed by atoms with Crippen LogP contribution in [-0.2, 0) is 28.6 Å². The maximum absolute atomic E-state index is 12.7. The van der Waals surface area contributed by atoms with Crippen molar-refractivity contribution in [2.24, 2.45) is 0 Å². The number of allylic oxidation sites excluding steroid dienone is 10. The number of carbonyl (C=O) groups is 3. The number of carbonyl (C=O) groups excluding carboxylic acids is 3. The van der Waals surface area contributed by atoms with Gasteiger partial charge in [0.05, 0.1) is 0 Å². The van der Waals surface area contributed by atoms with Crippen molar-refractivity contribution in [3.63, 3.8) is 0 Å². The summed E-state index contributed by atoms with van der Waals surface area (Å²) in [4.78, 5) is 37.8. The van der Waals surface area contributed by atoms with Gasteiger partial charge in [0.1, 0.15) is 13.2 Å². The Morgan fingerprint density at radius 2 is 0.702 bits per heavy atom. The zero-order chi connectivity index (χ0) is 41.5. The van der Waals surface area contributed by atoms with Crippen LogP contribution in [-0.4, -0.2) is 37.2 Å². The molecule has 328 valence electrons. The molecule has 0 aliphatic heterocycles. The molecule has 0 aromatic rings. The minimum atomic E-state index is -0.793. The second-order valence-corrected chi connectivity index (χ2v) is 15.6. The highest BCUT2D eigenvalue weighted by Gasteiger charge is 2.19. The molecule has 0 aromatic heterocycles. The van der Waals surface area contributed by atoms with Gasteiger partial charge in [-0.1, -0.05) is 171 Å². The van der Waals surface area contributed by atoms with E-state index in [-0.39, 0.29) is 31.1 Å². The average Bonchev–Trinajstić information content (AvgIpc) is 3.21. The molecule has 1 atom stereocenters. The molecule has 0 N–H and O–H groups in total. The molecule has 0 aromatic carbocycles. The average molecular weight is 797 g/mol. The second kappa shape index (κ2) is 45.8. The molecule has 0 heterocycles. The number of esters is 3. The van der Waals surface area contributed by atoms with Crippen LogP contribution in [0.1, 0.15) is 226 Å². The van der Waals surface area contributed by atoms with Gasteiger partial charge in [0.25, 0.3) is 0 Å². The topological polar surface area (TPSA) is 78.9 Å². The van der Waals surface area contributed by atoms with Crippen LogP contribution in [0.5, 0.6) is 0 Å². The van der Waals surface area contributed by atoms with Crippen molar-refractivity contribution in [2.45, 2.75) is 232 Å². The zero-order valence-corrected chi connectivity index (χ0v) is 37.3. The third kappa shape index (κ3) is 44.1. The highest BCUT2D eigenvalue weighted by Crippen LogP contribution is 2.13. The minimum Gasteiger partial charge on any atom is -0.462 e. The van der Waals surface area contributed by atoms with Crippen molar-refractivity contribution >= 4 is 17.9 Å². The van der Waals surface area contributed by atoms with E-state index in [0.717, 1.165) is 96.3 Å². The summed E-state index contributed by atoms with van der Waals surface area (Å²) in [5.74, 6) is -0.943. The van der Waals surface area contributed by atoms with Crippen LogP contribution < -0.4 is 0 Å². The summed E-state index contributed by atoms with van der Waals surface area (Å²) in [6.07, 6.45) is 54.9. The fraction of sp³-hybridized carbons (Fsp3) is 0.745. The molecule has 0 spiro atoms. The van der Waals surface area contributed by atoms with Crippen molar-refractivity contribution in [3.05, 3.63) is 60.8 Å². The molecule has 0 aliphatic rings. The number of rotatable bonds is 42. The minimum absolute atomic E-state index is 0.0933. The third-order valence-corrected chi connectivity index (χ3v) is 9.98. The monoisotopic (exact) mass is 797 g/mol. The normalized spacial score (nSPS) is 12.5. The lowest BCUT2D eigenvalue weighted by Gasteiger charge is -2.18. The van der Waals surface area contributed by atoms with Gasteiger partial charge in [-0.15, -0.1) is 0 Å². The maximum Gasteiger partial charge on any atom is 0.306 e. The standard InChI is InChI=1S/C51H88O6/c1-4-7-10-13-16-19-22-24-25-27-29-32-35-38-41-44-50(53)56-47-48(46-55-49(52)43-40-37-34-31-28-21-18-15-12-9-6-3)57-51(54)45-42-39-36-33-30-26-23-20-17-14-11-8-5-2/h8,11,15,17-18,20,24-26,30,48H,4-7,9-10,12-14,16,19,21-23,27-29,31-47H2,1-3H3/b11-8-,18-15-,20-17-,25-24-,30-26-. The molecule has 1 unspecified atom stereocenters. The van der Waals surface area contributed by atoms with Crippen LogP contribution >= 0.6 is 0 Å². The zero-order valence-electron chi connectivity index (χ0n) is 37.3. The van der Waals surface area contributed by atoms with Crippen molar-refractivity contribution in [1.29, 1.82) is 0 Å². The Hall–Kier alpha value is -2.89. The highest BCUT2D eigenvalue weighted by atomic mass is 16.6. The van der Waals surface area contributed by atoms with E-state index in [2.05, 4.69) is 81.5 Å². The maximum atomic E-state index is 12.7. The molecule has 57 heavy (non-hydrogen) atoms. The summed E-state index contributed by atoms with van der Waals surface area (Å²) in [6, 6.07) is 0. The van der Waals surface area contributed by atoms with Crippen LogP contribution in [0.2, 0.25) is 0 Å². The third-order valence-electron chi connectivity index (χ3n) is 9.98. The first-order valence-corrected chi connectivity index (χ1v) is 23.8. The van der Waals surface area contributed by atoms with Gasteiger partial charge in [0, 0.05) is 19.3 Å². The summed E-state index contributed by atoms with van der Waals surface area (Å²) in [5.41, 5.74) is 0. The lowest BCUT2D eigenvalue weighted by atomic mass is 10.1. The SMILES string of the molecule is CC/C=C\C/C=C\C/C=C\CCCCCC(=O)OC(COC(=O)CCCCCCC/C=C\CCCC)COC(=O)CCCCCCC/C=C\CCCCCCCC. The van der Waals surface area contributed by atoms with Crippen LogP contribution in [0.25, 0.3) is 0 Å². The Bertz CT molecular complexity index is 1050. The predicted molar refractivity (Wildman–Crippen MR) is 242 cm³/mol. The van der Waals surface area contributed by atoms with Gasteiger partial charge in [-0.05, 0) is 96.3 Å². The first-order valence-electron chi connectivity index (χ1n) is 23.8. The lowest BCUT2D eigenvalue weighted by Crippen LogP contribution is -2.30. The fourth-order valence-electron chi connectivity index (χ4n) is 6.37. The van der Waals surface area contributed by atoms with Gasteiger partial charge in [-0.3, -0.25) is 14.4 Å². The molecular formula is C51H88O6. The van der Waals surface area contributed by atoms with Crippen LogP contribution in [0.3, 0.4) is 0 Å². The van der Waals surface area contributed by atoms with Gasteiger partial charge in [-0.25, -0.2) is 0 Å². The van der Waals surface area contributed by atoms with Crippen LogP contribution in [0.15, 0.2) is 60.8 Å². The lowest BCUT2D eigenvalue weighted by molar-refractivity contribution is -0.167. The molecular weight excluding hydrogens is 709 g/mol. The Morgan fingerprint density at radius 3 is 1.16 bits per heavy atom. The molecule has 0 radical (unpaired) electrons. The second-order valence-electron chi connectivity index (χ2n) is 15.6. The molecule has 0 amide bonds. The molecule has 0 rings (SSSR count). The summed E-state index contributed by atoms with van der Waals surface area (Å²) in [5, 5.41) is 0. The Kier molecular flexibility index (Phi) is 43.5. The van der Waals surface area contributed by atoms with E-state index < -0.39 is 6.10 Å². The summed E-state index contributed by atoms with van der Waals surface area (Å²) in [6.45, 7) is 6.43. The van der Waals surface area contributed by atoms with Gasteiger partial charge < -0.3 is 14.2 Å². The van der Waals surface area contributed by atoms with Gasteiger partial charge in [0.2, 0.25) is 0 Å². The first-order chi connectivity index (χ1) is 28.0. The molecule has 0 saturated heterocycles. The first kappa shape index (κ1) is 54.1. The summed E-state index contributed by atoms with van der Waals surface area (Å²) in [7, 11) is 0. The molecule has 0 aliphatic carbocycles.